The zero-order valence-electron chi connectivity index (χ0n) is 10.7. The fourth-order valence-corrected chi connectivity index (χ4v) is 1.86. The molecule has 0 aliphatic carbocycles. The first-order valence-electron chi connectivity index (χ1n) is 5.89. The summed E-state index contributed by atoms with van der Waals surface area (Å²) >= 11 is 4.81. The van der Waals surface area contributed by atoms with Gasteiger partial charge in [0.25, 0.3) is 0 Å². The number of nitrogens with one attached hydrogen (secondary N) is 1. The van der Waals surface area contributed by atoms with Crippen LogP contribution in [0.15, 0.2) is 36.5 Å². The zero-order valence-corrected chi connectivity index (χ0v) is 11.5. The SMILES string of the molecule is NC(=S)c1cc(C(F)(F)F)ccc1NCc1cccnn1. The molecule has 1 heterocycles. The number of halogens is 3. The van der Waals surface area contributed by atoms with Crippen molar-refractivity contribution in [1.29, 1.82) is 0 Å². The summed E-state index contributed by atoms with van der Waals surface area (Å²) in [4.78, 5) is -0.109. The van der Waals surface area contributed by atoms with Gasteiger partial charge < -0.3 is 11.1 Å². The second kappa shape index (κ2) is 6.04. The number of benzene rings is 1. The van der Waals surface area contributed by atoms with Crippen LogP contribution in [-0.4, -0.2) is 15.2 Å². The number of alkyl halides is 3. The summed E-state index contributed by atoms with van der Waals surface area (Å²) in [6.45, 7) is 0.300. The third kappa shape index (κ3) is 3.88. The van der Waals surface area contributed by atoms with E-state index in [1.165, 1.54) is 12.3 Å². The molecule has 8 heteroatoms. The highest BCUT2D eigenvalue weighted by molar-refractivity contribution is 7.80. The Morgan fingerprint density at radius 3 is 2.62 bits per heavy atom. The lowest BCUT2D eigenvalue weighted by Crippen LogP contribution is -2.16. The smallest absolute Gasteiger partial charge is 0.389 e. The Bertz CT molecular complexity index is 644. The maximum atomic E-state index is 12.7. The topological polar surface area (TPSA) is 63.8 Å². The van der Waals surface area contributed by atoms with Gasteiger partial charge in [-0.15, -0.1) is 0 Å². The van der Waals surface area contributed by atoms with Crippen molar-refractivity contribution in [2.24, 2.45) is 5.73 Å². The van der Waals surface area contributed by atoms with E-state index in [-0.39, 0.29) is 10.6 Å². The lowest BCUT2D eigenvalue weighted by Gasteiger charge is -2.14. The highest BCUT2D eigenvalue weighted by Crippen LogP contribution is 2.32. The van der Waals surface area contributed by atoms with Gasteiger partial charge in [0.15, 0.2) is 0 Å². The number of aromatic nitrogens is 2. The van der Waals surface area contributed by atoms with Gasteiger partial charge in [-0.1, -0.05) is 12.2 Å². The molecule has 0 bridgehead atoms. The summed E-state index contributed by atoms with van der Waals surface area (Å²) in [5.74, 6) is 0. The Labute approximate surface area is 124 Å². The summed E-state index contributed by atoms with van der Waals surface area (Å²) in [5, 5.41) is 10.5. The maximum Gasteiger partial charge on any atom is 0.416 e. The van der Waals surface area contributed by atoms with Gasteiger partial charge in [-0.25, -0.2) is 0 Å². The molecule has 21 heavy (non-hydrogen) atoms. The van der Waals surface area contributed by atoms with Gasteiger partial charge in [-0.2, -0.15) is 23.4 Å². The molecule has 4 nitrogen and oxygen atoms in total. The lowest BCUT2D eigenvalue weighted by molar-refractivity contribution is -0.137. The van der Waals surface area contributed by atoms with E-state index in [9.17, 15) is 13.2 Å². The van der Waals surface area contributed by atoms with Crippen LogP contribution >= 0.6 is 12.2 Å². The largest absolute Gasteiger partial charge is 0.416 e. The third-order valence-electron chi connectivity index (χ3n) is 2.70. The summed E-state index contributed by atoms with van der Waals surface area (Å²) in [6.07, 6.45) is -2.91. The van der Waals surface area contributed by atoms with Crippen molar-refractivity contribution >= 4 is 22.9 Å². The van der Waals surface area contributed by atoms with E-state index >= 15 is 0 Å². The lowest BCUT2D eigenvalue weighted by atomic mass is 10.1. The van der Waals surface area contributed by atoms with Crippen molar-refractivity contribution in [3.63, 3.8) is 0 Å². The quantitative estimate of drug-likeness (QED) is 0.850. The molecule has 110 valence electrons. The van der Waals surface area contributed by atoms with Crippen molar-refractivity contribution in [3.8, 4) is 0 Å². The van der Waals surface area contributed by atoms with E-state index in [0.29, 0.717) is 17.9 Å². The van der Waals surface area contributed by atoms with E-state index in [1.54, 1.807) is 12.1 Å². The van der Waals surface area contributed by atoms with Crippen molar-refractivity contribution in [1.82, 2.24) is 10.2 Å². The van der Waals surface area contributed by atoms with E-state index in [4.69, 9.17) is 18.0 Å². The van der Waals surface area contributed by atoms with Crippen LogP contribution in [0.4, 0.5) is 18.9 Å². The van der Waals surface area contributed by atoms with E-state index in [0.717, 1.165) is 12.1 Å². The number of hydrogen-bond donors (Lipinski definition) is 2. The van der Waals surface area contributed by atoms with E-state index < -0.39 is 11.7 Å². The van der Waals surface area contributed by atoms with Crippen LogP contribution in [0.1, 0.15) is 16.8 Å². The second-order valence-electron chi connectivity index (χ2n) is 4.19. The van der Waals surface area contributed by atoms with Crippen LogP contribution in [0, 0.1) is 0 Å². The molecule has 0 unspecified atom stereocenters. The fraction of sp³-hybridized carbons (Fsp3) is 0.154. The van der Waals surface area contributed by atoms with Gasteiger partial charge in [-0.05, 0) is 30.3 Å². The minimum atomic E-state index is -4.44. The first-order valence-corrected chi connectivity index (χ1v) is 6.30. The molecule has 0 aliphatic heterocycles. The van der Waals surface area contributed by atoms with Crippen LogP contribution in [0.2, 0.25) is 0 Å². The number of nitrogens with zero attached hydrogens (tertiary/aromatic N) is 2. The van der Waals surface area contributed by atoms with Crippen molar-refractivity contribution in [2.45, 2.75) is 12.7 Å². The molecule has 3 N–H and O–H groups in total. The van der Waals surface area contributed by atoms with Gasteiger partial charge in [-0.3, -0.25) is 0 Å². The van der Waals surface area contributed by atoms with Crippen molar-refractivity contribution in [2.75, 3.05) is 5.32 Å². The average molecular weight is 312 g/mol. The van der Waals surface area contributed by atoms with Gasteiger partial charge in [0, 0.05) is 17.4 Å². The standard InChI is InChI=1S/C13H11F3N4S/c14-13(15,16)8-3-4-11(10(6-8)12(17)21)18-7-9-2-1-5-19-20-9/h1-6,18H,7H2,(H2,17,21). The number of anilines is 1. The van der Waals surface area contributed by atoms with Crippen LogP contribution < -0.4 is 11.1 Å². The zero-order chi connectivity index (χ0) is 15.5. The molecule has 0 radical (unpaired) electrons. The molecule has 0 aliphatic rings. The Balaban J connectivity index is 2.25. The van der Waals surface area contributed by atoms with Crippen LogP contribution in [0.5, 0.6) is 0 Å². The highest BCUT2D eigenvalue weighted by Gasteiger charge is 2.31. The summed E-state index contributed by atoms with van der Waals surface area (Å²) in [7, 11) is 0. The minimum Gasteiger partial charge on any atom is -0.389 e. The van der Waals surface area contributed by atoms with E-state index in [1.807, 2.05) is 0 Å². The molecule has 0 spiro atoms. The molecular weight excluding hydrogens is 301 g/mol. The first kappa shape index (κ1) is 15.2. The maximum absolute atomic E-state index is 12.7. The summed E-state index contributed by atoms with van der Waals surface area (Å²) in [6, 6.07) is 6.66. The number of thiocarbonyl (C=S) groups is 1. The van der Waals surface area contributed by atoms with E-state index in [2.05, 4.69) is 15.5 Å². The Morgan fingerprint density at radius 2 is 2.05 bits per heavy atom. The van der Waals surface area contributed by atoms with Gasteiger partial charge >= 0.3 is 6.18 Å². The van der Waals surface area contributed by atoms with Gasteiger partial charge in [0.2, 0.25) is 0 Å². The molecular formula is C13H11F3N4S. The molecule has 0 saturated carbocycles. The molecule has 0 atom stereocenters. The molecule has 2 rings (SSSR count). The summed E-state index contributed by atoms with van der Waals surface area (Å²) in [5.41, 5.74) is 5.90. The van der Waals surface area contributed by atoms with Crippen LogP contribution in [0.25, 0.3) is 0 Å². The molecule has 0 saturated heterocycles. The second-order valence-corrected chi connectivity index (χ2v) is 4.63. The molecule has 0 fully saturated rings. The number of rotatable bonds is 4. The molecule has 2 aromatic rings. The Kier molecular flexibility index (Phi) is 4.37. The molecule has 1 aromatic heterocycles. The monoisotopic (exact) mass is 312 g/mol. The van der Waals surface area contributed by atoms with Gasteiger partial charge in [0.1, 0.15) is 4.99 Å². The number of hydrogen-bond acceptors (Lipinski definition) is 4. The fourth-order valence-electron chi connectivity index (χ4n) is 1.69. The first-order chi connectivity index (χ1) is 9.88. The van der Waals surface area contributed by atoms with Crippen molar-refractivity contribution in [3.05, 3.63) is 53.3 Å². The normalized spacial score (nSPS) is 11.2. The minimum absolute atomic E-state index is 0.109. The molecule has 0 amide bonds. The van der Waals surface area contributed by atoms with Crippen LogP contribution in [0.3, 0.4) is 0 Å². The highest BCUT2D eigenvalue weighted by atomic mass is 32.1. The van der Waals surface area contributed by atoms with Crippen molar-refractivity contribution < 1.29 is 13.2 Å². The van der Waals surface area contributed by atoms with Crippen LogP contribution in [-0.2, 0) is 12.7 Å². The predicted octanol–water partition coefficient (Wildman–Crippen LogP) is 2.74. The summed E-state index contributed by atoms with van der Waals surface area (Å²) < 4.78 is 38.1. The molecule has 1 aromatic carbocycles. The third-order valence-corrected chi connectivity index (χ3v) is 2.92. The average Bonchev–Trinajstić information content (AvgIpc) is 2.45. The van der Waals surface area contributed by atoms with Gasteiger partial charge in [0.05, 0.1) is 17.8 Å². The predicted molar refractivity (Wildman–Crippen MR) is 76.7 cm³/mol. The Morgan fingerprint density at radius 1 is 1.29 bits per heavy atom. The number of nitrogens with two attached hydrogens (primary N) is 1. The Hall–Kier alpha value is -2.22.